The summed E-state index contributed by atoms with van der Waals surface area (Å²) in [5.41, 5.74) is 0.646. The standard InChI is InChI=1S/C11H15N3O4S/c1-7(18-2)6-12-19(16,17)8-3-4-9-10(5-8)14-11(15)13-9/h3-5,7,12H,6H2,1-2H3,(H2,13,14,15). The van der Waals surface area contributed by atoms with Gasteiger partial charge in [-0.15, -0.1) is 0 Å². The highest BCUT2D eigenvalue weighted by molar-refractivity contribution is 7.89. The van der Waals surface area contributed by atoms with Gasteiger partial charge < -0.3 is 14.7 Å². The summed E-state index contributed by atoms with van der Waals surface area (Å²) in [7, 11) is -2.10. The van der Waals surface area contributed by atoms with Gasteiger partial charge in [-0.05, 0) is 25.1 Å². The fraction of sp³-hybridized carbons (Fsp3) is 0.364. The summed E-state index contributed by atoms with van der Waals surface area (Å²) in [6, 6.07) is 4.39. The van der Waals surface area contributed by atoms with Crippen LogP contribution in [-0.4, -0.2) is 38.1 Å². The van der Waals surface area contributed by atoms with Crippen molar-refractivity contribution in [2.24, 2.45) is 0 Å². The summed E-state index contributed by atoms with van der Waals surface area (Å²) >= 11 is 0. The van der Waals surface area contributed by atoms with Gasteiger partial charge in [-0.3, -0.25) is 0 Å². The van der Waals surface area contributed by atoms with Gasteiger partial charge in [0.2, 0.25) is 10.0 Å². The maximum absolute atomic E-state index is 12.0. The van der Waals surface area contributed by atoms with Gasteiger partial charge in [0.15, 0.2) is 0 Å². The number of sulfonamides is 1. The Labute approximate surface area is 110 Å². The van der Waals surface area contributed by atoms with Crippen LogP contribution in [0, 0.1) is 0 Å². The second-order valence-corrected chi connectivity index (χ2v) is 5.95. The van der Waals surface area contributed by atoms with E-state index < -0.39 is 10.0 Å². The van der Waals surface area contributed by atoms with Crippen LogP contribution in [0.1, 0.15) is 6.92 Å². The Morgan fingerprint density at radius 3 is 2.68 bits per heavy atom. The molecule has 2 aromatic rings. The lowest BCUT2D eigenvalue weighted by Crippen LogP contribution is -2.31. The first-order valence-corrected chi connectivity index (χ1v) is 7.15. The zero-order valence-corrected chi connectivity index (χ0v) is 11.4. The molecule has 7 nitrogen and oxygen atoms in total. The summed E-state index contributed by atoms with van der Waals surface area (Å²) in [6.45, 7) is 1.94. The van der Waals surface area contributed by atoms with Crippen molar-refractivity contribution in [3.8, 4) is 0 Å². The molecule has 1 aromatic heterocycles. The van der Waals surface area contributed by atoms with Gasteiger partial charge in [-0.1, -0.05) is 0 Å². The number of ether oxygens (including phenoxy) is 1. The number of hydrogen-bond donors (Lipinski definition) is 3. The summed E-state index contributed by atoms with van der Waals surface area (Å²) in [5, 5.41) is 0. The fourth-order valence-electron chi connectivity index (χ4n) is 1.57. The number of imidazole rings is 1. The number of aromatic nitrogens is 2. The minimum atomic E-state index is -3.61. The molecule has 104 valence electrons. The topological polar surface area (TPSA) is 104 Å². The van der Waals surface area contributed by atoms with Crippen LogP contribution in [0.2, 0.25) is 0 Å². The molecule has 0 aliphatic rings. The number of benzene rings is 1. The van der Waals surface area contributed by atoms with Gasteiger partial charge in [0.25, 0.3) is 0 Å². The molecule has 8 heteroatoms. The van der Waals surface area contributed by atoms with E-state index in [1.54, 1.807) is 13.0 Å². The lowest BCUT2D eigenvalue weighted by atomic mass is 10.3. The number of nitrogens with one attached hydrogen (secondary N) is 3. The van der Waals surface area contributed by atoms with Crippen molar-refractivity contribution < 1.29 is 13.2 Å². The fourth-order valence-corrected chi connectivity index (χ4v) is 2.71. The Hall–Kier alpha value is -1.64. The molecule has 0 fully saturated rings. The van der Waals surface area contributed by atoms with Gasteiger partial charge in [0.1, 0.15) is 0 Å². The molecule has 0 spiro atoms. The van der Waals surface area contributed by atoms with Crippen LogP contribution < -0.4 is 10.4 Å². The summed E-state index contributed by atoms with van der Waals surface area (Å²) in [5.74, 6) is 0. The van der Waals surface area contributed by atoms with Gasteiger partial charge in [-0.2, -0.15) is 0 Å². The maximum Gasteiger partial charge on any atom is 0.323 e. The second kappa shape index (κ2) is 5.16. The van der Waals surface area contributed by atoms with Crippen molar-refractivity contribution in [2.45, 2.75) is 17.9 Å². The predicted molar refractivity (Wildman–Crippen MR) is 70.6 cm³/mol. The maximum atomic E-state index is 12.0. The first-order chi connectivity index (χ1) is 8.92. The van der Waals surface area contributed by atoms with Gasteiger partial charge in [0.05, 0.1) is 22.0 Å². The van der Waals surface area contributed by atoms with Crippen LogP contribution in [-0.2, 0) is 14.8 Å². The largest absolute Gasteiger partial charge is 0.380 e. The number of fused-ring (bicyclic) bond motifs is 1. The van der Waals surface area contributed by atoms with E-state index in [4.69, 9.17) is 4.74 Å². The molecular formula is C11H15N3O4S. The molecule has 0 radical (unpaired) electrons. The average Bonchev–Trinajstić information content (AvgIpc) is 2.74. The highest BCUT2D eigenvalue weighted by atomic mass is 32.2. The number of H-pyrrole nitrogens is 2. The van der Waals surface area contributed by atoms with Crippen molar-refractivity contribution in [1.82, 2.24) is 14.7 Å². The number of hydrogen-bond acceptors (Lipinski definition) is 4. The van der Waals surface area contributed by atoms with E-state index in [0.29, 0.717) is 11.0 Å². The van der Waals surface area contributed by atoms with E-state index in [2.05, 4.69) is 14.7 Å². The summed E-state index contributed by atoms with van der Waals surface area (Å²) < 4.78 is 31.5. The third-order valence-corrected chi connectivity index (χ3v) is 4.18. The predicted octanol–water partition coefficient (Wildman–Crippen LogP) is 0.169. The smallest absolute Gasteiger partial charge is 0.323 e. The zero-order valence-electron chi connectivity index (χ0n) is 10.6. The molecule has 1 heterocycles. The molecule has 0 aliphatic heterocycles. The number of aromatic amines is 2. The minimum absolute atomic E-state index is 0.0959. The summed E-state index contributed by atoms with van der Waals surface area (Å²) in [6.07, 6.45) is -0.217. The van der Waals surface area contributed by atoms with E-state index in [9.17, 15) is 13.2 Å². The molecule has 1 atom stereocenters. The van der Waals surface area contributed by atoms with E-state index in [0.717, 1.165) is 0 Å². The lowest BCUT2D eigenvalue weighted by Gasteiger charge is -2.11. The van der Waals surface area contributed by atoms with Crippen molar-refractivity contribution in [1.29, 1.82) is 0 Å². The third kappa shape index (κ3) is 3.03. The van der Waals surface area contributed by atoms with Gasteiger partial charge in [0, 0.05) is 13.7 Å². The van der Waals surface area contributed by atoms with Gasteiger partial charge >= 0.3 is 5.69 Å². The van der Waals surface area contributed by atoms with E-state index in [1.807, 2.05) is 0 Å². The molecule has 0 amide bonds. The third-order valence-electron chi connectivity index (χ3n) is 2.76. The van der Waals surface area contributed by atoms with Crippen LogP contribution in [0.5, 0.6) is 0 Å². The monoisotopic (exact) mass is 285 g/mol. The zero-order chi connectivity index (χ0) is 14.0. The number of methoxy groups -OCH3 is 1. The second-order valence-electron chi connectivity index (χ2n) is 4.18. The Kier molecular flexibility index (Phi) is 3.74. The molecule has 0 saturated carbocycles. The first kappa shape index (κ1) is 13.8. The quantitative estimate of drug-likeness (QED) is 0.728. The molecule has 2 rings (SSSR count). The Morgan fingerprint density at radius 1 is 1.32 bits per heavy atom. The molecule has 1 aromatic carbocycles. The van der Waals surface area contributed by atoms with Crippen LogP contribution in [0.4, 0.5) is 0 Å². The first-order valence-electron chi connectivity index (χ1n) is 5.67. The van der Waals surface area contributed by atoms with Gasteiger partial charge in [-0.25, -0.2) is 17.9 Å². The molecule has 1 unspecified atom stereocenters. The average molecular weight is 285 g/mol. The highest BCUT2D eigenvalue weighted by Crippen LogP contribution is 2.14. The molecule has 19 heavy (non-hydrogen) atoms. The lowest BCUT2D eigenvalue weighted by molar-refractivity contribution is 0.122. The molecule has 0 aliphatic carbocycles. The highest BCUT2D eigenvalue weighted by Gasteiger charge is 2.16. The molecule has 0 bridgehead atoms. The van der Waals surface area contributed by atoms with Crippen LogP contribution in [0.15, 0.2) is 27.9 Å². The Morgan fingerprint density at radius 2 is 2.00 bits per heavy atom. The SMILES string of the molecule is COC(C)CNS(=O)(=O)c1ccc2[nH]c(=O)[nH]c2c1. The molecule has 0 saturated heterocycles. The number of rotatable bonds is 5. The molecule has 3 N–H and O–H groups in total. The minimum Gasteiger partial charge on any atom is -0.380 e. The summed E-state index contributed by atoms with van der Waals surface area (Å²) in [4.78, 5) is 16.3. The van der Waals surface area contributed by atoms with Crippen LogP contribution in [0.3, 0.4) is 0 Å². The van der Waals surface area contributed by atoms with Crippen LogP contribution >= 0.6 is 0 Å². The van der Waals surface area contributed by atoms with Crippen molar-refractivity contribution in [2.75, 3.05) is 13.7 Å². The Balaban J connectivity index is 2.29. The van der Waals surface area contributed by atoms with Crippen molar-refractivity contribution in [3.63, 3.8) is 0 Å². The normalized spacial score (nSPS) is 13.8. The Bertz CT molecular complexity index is 732. The van der Waals surface area contributed by atoms with E-state index in [1.165, 1.54) is 19.2 Å². The van der Waals surface area contributed by atoms with Crippen molar-refractivity contribution in [3.05, 3.63) is 28.7 Å². The van der Waals surface area contributed by atoms with Crippen molar-refractivity contribution >= 4 is 21.1 Å². The van der Waals surface area contributed by atoms with Crippen LogP contribution in [0.25, 0.3) is 11.0 Å². The van der Waals surface area contributed by atoms with E-state index in [-0.39, 0.29) is 23.2 Å². The molecular weight excluding hydrogens is 270 g/mol. The van der Waals surface area contributed by atoms with E-state index >= 15 is 0 Å².